The maximum absolute atomic E-state index is 6.13. The van der Waals surface area contributed by atoms with Gasteiger partial charge in [0.05, 0.1) is 10.7 Å². The first-order chi connectivity index (χ1) is 8.99. The Morgan fingerprint density at radius 2 is 1.63 bits per heavy atom. The quantitative estimate of drug-likeness (QED) is 0.762. The predicted octanol–water partition coefficient (Wildman–Crippen LogP) is 4.37. The van der Waals surface area contributed by atoms with Gasteiger partial charge in [-0.05, 0) is 24.0 Å². The van der Waals surface area contributed by atoms with E-state index < -0.39 is 0 Å². The molecule has 0 aliphatic heterocycles. The van der Waals surface area contributed by atoms with E-state index in [-0.39, 0.29) is 0 Å². The molecule has 0 heterocycles. The van der Waals surface area contributed by atoms with Crippen LogP contribution in [0.5, 0.6) is 0 Å². The van der Waals surface area contributed by atoms with Gasteiger partial charge in [-0.25, -0.2) is 0 Å². The van der Waals surface area contributed by atoms with Crippen molar-refractivity contribution in [3.63, 3.8) is 0 Å². The van der Waals surface area contributed by atoms with Crippen LogP contribution in [0, 0.1) is 11.8 Å². The summed E-state index contributed by atoms with van der Waals surface area (Å²) in [5.74, 6) is 1.41. The topological polar surface area (TPSA) is 15.3 Å². The summed E-state index contributed by atoms with van der Waals surface area (Å²) < 4.78 is 0. The maximum Gasteiger partial charge on any atom is 0.0637 e. The summed E-state index contributed by atoms with van der Waals surface area (Å²) in [5.41, 5.74) is 1.03. The highest BCUT2D eigenvalue weighted by Gasteiger charge is 2.09. The number of hydrogen-bond donors (Lipinski definition) is 1. The van der Waals surface area contributed by atoms with E-state index >= 15 is 0 Å². The number of benzene rings is 1. The van der Waals surface area contributed by atoms with Crippen molar-refractivity contribution in [3.05, 3.63) is 29.3 Å². The van der Waals surface area contributed by atoms with E-state index in [0.717, 1.165) is 36.9 Å². The number of hydrogen-bond acceptors (Lipinski definition) is 2. The van der Waals surface area contributed by atoms with Crippen LogP contribution in [0.3, 0.4) is 0 Å². The monoisotopic (exact) mass is 282 g/mol. The molecule has 1 rings (SSSR count). The minimum atomic E-state index is 0.707. The van der Waals surface area contributed by atoms with Crippen LogP contribution < -0.4 is 5.32 Å². The number of anilines is 1. The number of para-hydroxylation sites is 1. The Balaban J connectivity index is 2.41. The third kappa shape index (κ3) is 6.84. The van der Waals surface area contributed by atoms with Gasteiger partial charge in [0.2, 0.25) is 0 Å². The Bertz CT molecular complexity index is 354. The van der Waals surface area contributed by atoms with Crippen LogP contribution in [0.1, 0.15) is 27.7 Å². The molecule has 2 nitrogen and oxygen atoms in total. The van der Waals surface area contributed by atoms with E-state index in [4.69, 9.17) is 11.6 Å². The van der Waals surface area contributed by atoms with Gasteiger partial charge in [-0.3, -0.25) is 0 Å². The van der Waals surface area contributed by atoms with E-state index in [1.165, 1.54) is 0 Å². The second-order valence-corrected chi connectivity index (χ2v) is 6.36. The van der Waals surface area contributed by atoms with Gasteiger partial charge in [0, 0.05) is 26.2 Å². The molecule has 0 amide bonds. The fraction of sp³-hybridized carbons (Fsp3) is 0.625. The highest BCUT2D eigenvalue weighted by molar-refractivity contribution is 6.33. The molecular formula is C16H27ClN2. The lowest BCUT2D eigenvalue weighted by Crippen LogP contribution is -2.35. The summed E-state index contributed by atoms with van der Waals surface area (Å²) in [6.07, 6.45) is 0. The summed E-state index contributed by atoms with van der Waals surface area (Å²) in [5, 5.41) is 4.21. The Kier molecular flexibility index (Phi) is 7.25. The van der Waals surface area contributed by atoms with Gasteiger partial charge < -0.3 is 10.2 Å². The Morgan fingerprint density at radius 3 is 2.16 bits per heavy atom. The fourth-order valence-electron chi connectivity index (χ4n) is 2.24. The number of nitrogens with zero attached hydrogens (tertiary/aromatic N) is 1. The second kappa shape index (κ2) is 8.44. The highest BCUT2D eigenvalue weighted by Crippen LogP contribution is 2.19. The zero-order chi connectivity index (χ0) is 14.3. The molecule has 0 bridgehead atoms. The van der Waals surface area contributed by atoms with Gasteiger partial charge in [0.25, 0.3) is 0 Å². The summed E-state index contributed by atoms with van der Waals surface area (Å²) in [6.45, 7) is 13.4. The Morgan fingerprint density at radius 1 is 1.05 bits per heavy atom. The van der Waals surface area contributed by atoms with Gasteiger partial charge >= 0.3 is 0 Å². The molecule has 19 heavy (non-hydrogen) atoms. The standard InChI is InChI=1S/C16H27ClN2/c1-13(2)11-19(12-14(3)4)10-9-18-16-8-6-5-7-15(16)17/h5-8,13-14,18H,9-12H2,1-4H3. The van der Waals surface area contributed by atoms with Crippen molar-refractivity contribution in [1.29, 1.82) is 0 Å². The van der Waals surface area contributed by atoms with Crippen molar-refractivity contribution in [1.82, 2.24) is 4.90 Å². The van der Waals surface area contributed by atoms with Crippen molar-refractivity contribution < 1.29 is 0 Å². The smallest absolute Gasteiger partial charge is 0.0637 e. The zero-order valence-corrected chi connectivity index (χ0v) is 13.4. The minimum Gasteiger partial charge on any atom is -0.383 e. The van der Waals surface area contributed by atoms with E-state index in [0.29, 0.717) is 11.8 Å². The molecule has 0 unspecified atom stereocenters. The summed E-state index contributed by atoms with van der Waals surface area (Å²) in [7, 11) is 0. The molecule has 0 fully saturated rings. The minimum absolute atomic E-state index is 0.707. The first-order valence-corrected chi connectivity index (χ1v) is 7.57. The molecular weight excluding hydrogens is 256 g/mol. The summed E-state index contributed by atoms with van der Waals surface area (Å²) in [6, 6.07) is 7.91. The van der Waals surface area contributed by atoms with Crippen LogP contribution in [0.2, 0.25) is 5.02 Å². The molecule has 1 aromatic carbocycles. The molecule has 0 saturated carbocycles. The highest BCUT2D eigenvalue weighted by atomic mass is 35.5. The molecule has 0 spiro atoms. The third-order valence-electron chi connectivity index (χ3n) is 2.86. The SMILES string of the molecule is CC(C)CN(CCNc1ccccc1Cl)CC(C)C. The molecule has 0 aromatic heterocycles. The van der Waals surface area contributed by atoms with Crippen molar-refractivity contribution in [2.24, 2.45) is 11.8 Å². The van der Waals surface area contributed by atoms with Crippen molar-refractivity contribution in [3.8, 4) is 0 Å². The van der Waals surface area contributed by atoms with Gasteiger partial charge in [-0.1, -0.05) is 51.4 Å². The van der Waals surface area contributed by atoms with Crippen molar-refractivity contribution in [2.45, 2.75) is 27.7 Å². The lowest BCUT2D eigenvalue weighted by atomic mass is 10.1. The summed E-state index contributed by atoms with van der Waals surface area (Å²) >= 11 is 6.13. The normalized spacial score (nSPS) is 11.6. The van der Waals surface area contributed by atoms with Crippen LogP contribution in [-0.4, -0.2) is 31.1 Å². The molecule has 1 aromatic rings. The van der Waals surface area contributed by atoms with E-state index in [1.54, 1.807) is 0 Å². The predicted molar refractivity (Wildman–Crippen MR) is 86.1 cm³/mol. The second-order valence-electron chi connectivity index (χ2n) is 5.95. The average Bonchev–Trinajstić information content (AvgIpc) is 2.30. The van der Waals surface area contributed by atoms with Gasteiger partial charge in [0.1, 0.15) is 0 Å². The molecule has 0 aliphatic carbocycles. The van der Waals surface area contributed by atoms with Gasteiger partial charge in [-0.15, -0.1) is 0 Å². The Labute approximate surface area is 123 Å². The Hall–Kier alpha value is -0.730. The number of nitrogens with one attached hydrogen (secondary N) is 1. The molecule has 108 valence electrons. The van der Waals surface area contributed by atoms with E-state index in [2.05, 4.69) is 37.9 Å². The summed E-state index contributed by atoms with van der Waals surface area (Å²) in [4.78, 5) is 2.53. The largest absolute Gasteiger partial charge is 0.383 e. The molecule has 1 N–H and O–H groups in total. The lowest BCUT2D eigenvalue weighted by molar-refractivity contribution is 0.227. The van der Waals surface area contributed by atoms with Crippen LogP contribution in [0.4, 0.5) is 5.69 Å². The van der Waals surface area contributed by atoms with E-state index in [9.17, 15) is 0 Å². The van der Waals surface area contributed by atoms with Crippen LogP contribution in [-0.2, 0) is 0 Å². The molecule has 0 atom stereocenters. The molecule has 0 saturated heterocycles. The first-order valence-electron chi connectivity index (χ1n) is 7.19. The average molecular weight is 283 g/mol. The first kappa shape index (κ1) is 16.3. The van der Waals surface area contributed by atoms with Crippen molar-refractivity contribution >= 4 is 17.3 Å². The van der Waals surface area contributed by atoms with Gasteiger partial charge in [-0.2, -0.15) is 0 Å². The van der Waals surface area contributed by atoms with E-state index in [1.807, 2.05) is 24.3 Å². The third-order valence-corrected chi connectivity index (χ3v) is 3.19. The van der Waals surface area contributed by atoms with Crippen LogP contribution in [0.15, 0.2) is 24.3 Å². The lowest BCUT2D eigenvalue weighted by Gasteiger charge is -2.26. The fourth-order valence-corrected chi connectivity index (χ4v) is 2.45. The van der Waals surface area contributed by atoms with Crippen LogP contribution in [0.25, 0.3) is 0 Å². The molecule has 0 aliphatic rings. The molecule has 0 radical (unpaired) electrons. The maximum atomic E-state index is 6.13. The van der Waals surface area contributed by atoms with Crippen LogP contribution >= 0.6 is 11.6 Å². The number of rotatable bonds is 8. The van der Waals surface area contributed by atoms with Crippen molar-refractivity contribution in [2.75, 3.05) is 31.5 Å². The number of halogens is 1. The van der Waals surface area contributed by atoms with Gasteiger partial charge in [0.15, 0.2) is 0 Å². The molecule has 3 heteroatoms. The zero-order valence-electron chi connectivity index (χ0n) is 12.6.